The van der Waals surface area contributed by atoms with Crippen molar-refractivity contribution in [1.29, 1.82) is 0 Å². The molecule has 1 amide bonds. The topological polar surface area (TPSA) is 138 Å². The summed E-state index contributed by atoms with van der Waals surface area (Å²) in [7, 11) is 0. The van der Waals surface area contributed by atoms with E-state index in [1.54, 1.807) is 0 Å². The summed E-state index contributed by atoms with van der Waals surface area (Å²) in [5.41, 5.74) is 15.1. The summed E-state index contributed by atoms with van der Waals surface area (Å²) in [4.78, 5) is 21.3. The molecule has 2 heterocycles. The van der Waals surface area contributed by atoms with Crippen molar-refractivity contribution in [2.75, 3.05) is 12.3 Å². The first-order valence-corrected chi connectivity index (χ1v) is 12.4. The fourth-order valence-corrected chi connectivity index (χ4v) is 5.18. The fraction of sp³-hybridized carbons (Fsp3) is 0.346. The molecule has 1 aliphatic carbocycles. The van der Waals surface area contributed by atoms with Crippen molar-refractivity contribution in [2.45, 2.75) is 38.1 Å². The van der Waals surface area contributed by atoms with Gasteiger partial charge in [-0.05, 0) is 62.3 Å². The molecule has 0 aliphatic heterocycles. The van der Waals surface area contributed by atoms with Crippen molar-refractivity contribution in [3.63, 3.8) is 0 Å². The Balaban J connectivity index is 1.41. The molecule has 1 aliphatic rings. The Bertz CT molecular complexity index is 1310. The number of rotatable bonds is 7. The first kappa shape index (κ1) is 23.4. The predicted molar refractivity (Wildman–Crippen MR) is 139 cm³/mol. The molecule has 0 radical (unpaired) electrons. The Morgan fingerprint density at radius 2 is 1.91 bits per heavy atom. The summed E-state index contributed by atoms with van der Waals surface area (Å²) in [5.74, 6) is 1.65. The van der Waals surface area contributed by atoms with Crippen LogP contribution in [0.25, 0.3) is 22.2 Å². The van der Waals surface area contributed by atoms with Gasteiger partial charge in [0.1, 0.15) is 16.7 Å². The number of nitrogen functional groups attached to an aromatic ring is 1. The predicted octanol–water partition coefficient (Wildman–Crippen LogP) is 4.35. The number of nitrogens with zero attached hydrogens (tertiary/aromatic N) is 2. The van der Waals surface area contributed by atoms with Gasteiger partial charge in [-0.3, -0.25) is 9.89 Å². The van der Waals surface area contributed by atoms with Crippen LogP contribution in [0, 0.1) is 11.8 Å². The molecular weight excluding hydrogens is 462 g/mol. The molecule has 0 unspecified atom stereocenters. The van der Waals surface area contributed by atoms with E-state index >= 15 is 0 Å². The Hall–Kier alpha value is -3.36. The molecule has 9 heteroatoms. The van der Waals surface area contributed by atoms with E-state index in [1.807, 2.05) is 48.5 Å². The normalized spacial score (nSPS) is 19.0. The summed E-state index contributed by atoms with van der Waals surface area (Å²) in [6, 6.07) is 15.5. The van der Waals surface area contributed by atoms with E-state index in [0.29, 0.717) is 41.4 Å². The largest absolute Gasteiger partial charge is 0.382 e. The van der Waals surface area contributed by atoms with Gasteiger partial charge in [0, 0.05) is 16.9 Å². The van der Waals surface area contributed by atoms with Crippen LogP contribution in [0.3, 0.4) is 0 Å². The highest BCUT2D eigenvalue weighted by atomic mass is 35.5. The number of halogens is 1. The molecule has 0 spiro atoms. The number of carbonyl (C=O) groups excluding carboxylic acids is 1. The molecular formula is C26H30ClN7O. The summed E-state index contributed by atoms with van der Waals surface area (Å²) >= 11 is 6.61. The third-order valence-corrected chi connectivity index (χ3v) is 7.30. The lowest BCUT2D eigenvalue weighted by Gasteiger charge is -2.28. The van der Waals surface area contributed by atoms with Crippen LogP contribution in [0.4, 0.5) is 5.82 Å². The van der Waals surface area contributed by atoms with Gasteiger partial charge in [0.25, 0.3) is 0 Å². The van der Waals surface area contributed by atoms with E-state index in [0.717, 1.165) is 47.7 Å². The SMILES string of the molecule is NCC1CCC(C(=O)N[C@@H](Cc2ccccc2)c2nc(-c3ccc4c(N)n[nH]c4c3)c(Cl)[nH]2)CC1. The molecule has 1 saturated carbocycles. The van der Waals surface area contributed by atoms with Gasteiger partial charge in [-0.2, -0.15) is 5.10 Å². The molecule has 2 aromatic carbocycles. The maximum absolute atomic E-state index is 13.2. The van der Waals surface area contributed by atoms with Crippen LogP contribution < -0.4 is 16.8 Å². The molecule has 4 aromatic rings. The second-order valence-corrected chi connectivity index (χ2v) is 9.74. The van der Waals surface area contributed by atoms with Gasteiger partial charge >= 0.3 is 0 Å². The smallest absolute Gasteiger partial charge is 0.223 e. The molecule has 182 valence electrons. The average molecular weight is 492 g/mol. The molecule has 7 N–H and O–H groups in total. The third kappa shape index (κ3) is 5.04. The van der Waals surface area contributed by atoms with Gasteiger partial charge in [-0.15, -0.1) is 0 Å². The van der Waals surface area contributed by atoms with Crippen molar-refractivity contribution in [1.82, 2.24) is 25.5 Å². The average Bonchev–Trinajstić information content (AvgIpc) is 3.46. The number of nitrogens with two attached hydrogens (primary N) is 2. The summed E-state index contributed by atoms with van der Waals surface area (Å²) in [6.45, 7) is 0.690. The molecule has 1 atom stereocenters. The molecule has 8 nitrogen and oxygen atoms in total. The maximum atomic E-state index is 13.2. The Morgan fingerprint density at radius 1 is 1.14 bits per heavy atom. The number of aromatic nitrogens is 4. The molecule has 35 heavy (non-hydrogen) atoms. The van der Waals surface area contributed by atoms with E-state index in [2.05, 4.69) is 20.5 Å². The van der Waals surface area contributed by atoms with E-state index in [1.165, 1.54) is 0 Å². The number of nitrogens with one attached hydrogen (secondary N) is 3. The Kier molecular flexibility index (Phi) is 6.74. The molecule has 2 aromatic heterocycles. The number of carbonyl (C=O) groups is 1. The van der Waals surface area contributed by atoms with E-state index in [4.69, 9.17) is 28.1 Å². The van der Waals surface area contributed by atoms with Gasteiger partial charge in [0.05, 0.1) is 11.6 Å². The van der Waals surface area contributed by atoms with Crippen LogP contribution in [0.15, 0.2) is 48.5 Å². The number of benzene rings is 2. The number of imidazole rings is 1. The lowest BCUT2D eigenvalue weighted by Crippen LogP contribution is -2.37. The van der Waals surface area contributed by atoms with Crippen LogP contribution >= 0.6 is 11.6 Å². The standard InChI is InChI=1S/C26H30ClN7O/c27-23-22(18-10-11-19-20(13-18)33-34-24(19)29)31-25(32-23)21(12-15-4-2-1-3-5-15)30-26(35)17-8-6-16(14-28)7-9-17/h1-5,10-11,13,16-17,21H,6-9,12,14,28H2,(H,30,35)(H,31,32)(H3,29,33,34)/t16?,17?,21-/m0/s1. The van der Waals surface area contributed by atoms with Crippen molar-refractivity contribution >= 4 is 34.2 Å². The van der Waals surface area contributed by atoms with Crippen molar-refractivity contribution in [3.8, 4) is 11.3 Å². The van der Waals surface area contributed by atoms with E-state index in [-0.39, 0.29) is 17.9 Å². The van der Waals surface area contributed by atoms with Crippen LogP contribution in [0.5, 0.6) is 0 Å². The molecule has 0 saturated heterocycles. The quantitative estimate of drug-likeness (QED) is 0.261. The first-order chi connectivity index (χ1) is 17.0. The van der Waals surface area contributed by atoms with Crippen LogP contribution in [0.2, 0.25) is 5.15 Å². The number of hydrogen-bond acceptors (Lipinski definition) is 5. The van der Waals surface area contributed by atoms with E-state index < -0.39 is 0 Å². The highest BCUT2D eigenvalue weighted by Gasteiger charge is 2.29. The second-order valence-electron chi connectivity index (χ2n) is 9.36. The van der Waals surface area contributed by atoms with Crippen LogP contribution in [0.1, 0.15) is 43.1 Å². The maximum Gasteiger partial charge on any atom is 0.223 e. The highest BCUT2D eigenvalue weighted by Crippen LogP contribution is 2.32. The number of H-pyrrole nitrogens is 2. The van der Waals surface area contributed by atoms with Crippen molar-refractivity contribution < 1.29 is 4.79 Å². The van der Waals surface area contributed by atoms with Crippen LogP contribution in [-0.2, 0) is 11.2 Å². The number of fused-ring (bicyclic) bond motifs is 1. The monoisotopic (exact) mass is 491 g/mol. The minimum atomic E-state index is -0.338. The Morgan fingerprint density at radius 3 is 2.66 bits per heavy atom. The molecule has 0 bridgehead atoms. The van der Waals surface area contributed by atoms with Gasteiger partial charge in [-0.1, -0.05) is 48.0 Å². The molecule has 5 rings (SSSR count). The summed E-state index contributed by atoms with van der Waals surface area (Å²) in [5, 5.41) is 11.5. The number of hydrogen-bond donors (Lipinski definition) is 5. The summed E-state index contributed by atoms with van der Waals surface area (Å²) < 4.78 is 0. The minimum Gasteiger partial charge on any atom is -0.382 e. The van der Waals surface area contributed by atoms with Crippen molar-refractivity contribution in [3.05, 3.63) is 65.1 Å². The van der Waals surface area contributed by atoms with Gasteiger partial charge in [0.2, 0.25) is 5.91 Å². The zero-order valence-electron chi connectivity index (χ0n) is 19.4. The number of aromatic amines is 2. The van der Waals surface area contributed by atoms with Gasteiger partial charge in [0.15, 0.2) is 5.82 Å². The minimum absolute atomic E-state index is 0.00535. The number of amides is 1. The van der Waals surface area contributed by atoms with Crippen molar-refractivity contribution in [2.24, 2.45) is 17.6 Å². The lowest BCUT2D eigenvalue weighted by molar-refractivity contribution is -0.127. The highest BCUT2D eigenvalue weighted by molar-refractivity contribution is 6.32. The summed E-state index contributed by atoms with van der Waals surface area (Å²) in [6.07, 6.45) is 4.32. The third-order valence-electron chi connectivity index (χ3n) is 7.02. The fourth-order valence-electron chi connectivity index (χ4n) is 4.93. The number of anilines is 1. The first-order valence-electron chi connectivity index (χ1n) is 12.1. The lowest BCUT2D eigenvalue weighted by atomic mass is 9.81. The van der Waals surface area contributed by atoms with Gasteiger partial charge < -0.3 is 21.8 Å². The zero-order valence-corrected chi connectivity index (χ0v) is 20.2. The zero-order chi connectivity index (χ0) is 24.4. The molecule has 1 fully saturated rings. The van der Waals surface area contributed by atoms with Gasteiger partial charge in [-0.25, -0.2) is 4.98 Å². The van der Waals surface area contributed by atoms with Crippen LogP contribution in [-0.4, -0.2) is 32.6 Å². The Labute approximate surface area is 208 Å². The van der Waals surface area contributed by atoms with E-state index in [9.17, 15) is 4.79 Å². The second kappa shape index (κ2) is 10.1.